The third-order valence-corrected chi connectivity index (χ3v) is 4.03. The van der Waals surface area contributed by atoms with E-state index in [0.29, 0.717) is 11.6 Å². The number of thiocarbonyl (C=S) groups is 1. The van der Waals surface area contributed by atoms with Gasteiger partial charge >= 0.3 is 0 Å². The summed E-state index contributed by atoms with van der Waals surface area (Å²) in [7, 11) is 0. The third kappa shape index (κ3) is 3.07. The molecule has 0 amide bonds. The van der Waals surface area contributed by atoms with E-state index in [2.05, 4.69) is 17.6 Å². The summed E-state index contributed by atoms with van der Waals surface area (Å²) < 4.78 is 0. The normalized spacial score (nSPS) is 25.4. The van der Waals surface area contributed by atoms with E-state index in [1.54, 1.807) is 0 Å². The van der Waals surface area contributed by atoms with Crippen molar-refractivity contribution in [2.24, 2.45) is 0 Å². The van der Waals surface area contributed by atoms with Gasteiger partial charge in [-0.2, -0.15) is 0 Å². The first-order valence-electron chi connectivity index (χ1n) is 6.27. The van der Waals surface area contributed by atoms with Crippen LogP contribution in [0.2, 0.25) is 0 Å². The Morgan fingerprint density at radius 2 is 1.80 bits per heavy atom. The van der Waals surface area contributed by atoms with Gasteiger partial charge in [-0.3, -0.25) is 0 Å². The fourth-order valence-electron chi connectivity index (χ4n) is 2.57. The highest BCUT2D eigenvalue weighted by molar-refractivity contribution is 7.80. The molecule has 2 fully saturated rings. The monoisotopic (exact) mass is 226 g/mol. The molecule has 2 nitrogen and oxygen atoms in total. The minimum Gasteiger partial charge on any atom is -0.360 e. The van der Waals surface area contributed by atoms with Gasteiger partial charge in [0.05, 0.1) is 0 Å². The van der Waals surface area contributed by atoms with E-state index >= 15 is 0 Å². The van der Waals surface area contributed by atoms with Gasteiger partial charge < -0.3 is 10.6 Å². The van der Waals surface area contributed by atoms with Crippen LogP contribution in [0.3, 0.4) is 0 Å². The first-order chi connectivity index (χ1) is 7.18. The van der Waals surface area contributed by atoms with Gasteiger partial charge in [-0.15, -0.1) is 0 Å². The minimum atomic E-state index is 0.290. The van der Waals surface area contributed by atoms with Crippen LogP contribution in [-0.2, 0) is 0 Å². The Morgan fingerprint density at radius 1 is 1.13 bits per heavy atom. The van der Waals surface area contributed by atoms with E-state index in [0.717, 1.165) is 5.11 Å². The highest BCUT2D eigenvalue weighted by Gasteiger charge is 2.32. The molecule has 0 atom stereocenters. The zero-order valence-electron chi connectivity index (χ0n) is 9.64. The maximum Gasteiger partial charge on any atom is 0.166 e. The SMILES string of the molecule is CC1(NC(=S)NC2CCCCC2)CCC1. The van der Waals surface area contributed by atoms with Crippen LogP contribution in [0, 0.1) is 0 Å². The van der Waals surface area contributed by atoms with Crippen LogP contribution in [-0.4, -0.2) is 16.7 Å². The smallest absolute Gasteiger partial charge is 0.166 e. The van der Waals surface area contributed by atoms with Crippen molar-refractivity contribution in [2.45, 2.75) is 69.9 Å². The average molecular weight is 226 g/mol. The molecule has 0 heterocycles. The molecule has 2 N–H and O–H groups in total. The van der Waals surface area contributed by atoms with Crippen molar-refractivity contribution in [2.75, 3.05) is 0 Å². The summed E-state index contributed by atoms with van der Waals surface area (Å²) in [6, 6.07) is 0.627. The zero-order chi connectivity index (χ0) is 10.7. The molecule has 2 rings (SSSR count). The molecule has 0 aliphatic heterocycles. The van der Waals surface area contributed by atoms with E-state index in [9.17, 15) is 0 Å². The Bertz CT molecular complexity index is 230. The predicted octanol–water partition coefficient (Wildman–Crippen LogP) is 2.73. The fraction of sp³-hybridized carbons (Fsp3) is 0.917. The van der Waals surface area contributed by atoms with Gasteiger partial charge in [0.2, 0.25) is 0 Å². The second kappa shape index (κ2) is 4.69. The molecule has 0 spiro atoms. The van der Waals surface area contributed by atoms with Crippen molar-refractivity contribution >= 4 is 17.3 Å². The molecule has 0 radical (unpaired) electrons. The summed E-state index contributed by atoms with van der Waals surface area (Å²) in [5.74, 6) is 0. The molecular formula is C12H22N2S. The Labute approximate surface area is 98.2 Å². The van der Waals surface area contributed by atoms with Gasteiger partial charge in [-0.25, -0.2) is 0 Å². The lowest BCUT2D eigenvalue weighted by Crippen LogP contribution is -2.55. The van der Waals surface area contributed by atoms with Gasteiger partial charge in [0.15, 0.2) is 5.11 Å². The summed E-state index contributed by atoms with van der Waals surface area (Å²) in [5, 5.41) is 7.80. The fourth-order valence-corrected chi connectivity index (χ4v) is 2.99. The highest BCUT2D eigenvalue weighted by Crippen LogP contribution is 2.30. The molecule has 2 aliphatic carbocycles. The van der Waals surface area contributed by atoms with E-state index < -0.39 is 0 Å². The van der Waals surface area contributed by atoms with E-state index in [1.807, 2.05) is 0 Å². The van der Waals surface area contributed by atoms with E-state index in [-0.39, 0.29) is 0 Å². The molecule has 0 saturated heterocycles. The number of hydrogen-bond donors (Lipinski definition) is 2. The van der Waals surface area contributed by atoms with Crippen LogP contribution >= 0.6 is 12.2 Å². The topological polar surface area (TPSA) is 24.1 Å². The molecule has 0 bridgehead atoms. The second-order valence-electron chi connectivity index (χ2n) is 5.35. The molecular weight excluding hydrogens is 204 g/mol. The molecule has 0 aromatic rings. The molecule has 15 heavy (non-hydrogen) atoms. The first kappa shape index (κ1) is 11.2. The lowest BCUT2D eigenvalue weighted by Gasteiger charge is -2.40. The van der Waals surface area contributed by atoms with Crippen LogP contribution in [0.15, 0.2) is 0 Å². The van der Waals surface area contributed by atoms with Crippen molar-refractivity contribution in [3.05, 3.63) is 0 Å². The zero-order valence-corrected chi connectivity index (χ0v) is 10.5. The van der Waals surface area contributed by atoms with Crippen molar-refractivity contribution in [1.29, 1.82) is 0 Å². The summed E-state index contributed by atoms with van der Waals surface area (Å²) in [6.07, 6.45) is 10.6. The summed E-state index contributed by atoms with van der Waals surface area (Å²) in [4.78, 5) is 0. The maximum atomic E-state index is 5.36. The quantitative estimate of drug-likeness (QED) is 0.708. The number of rotatable bonds is 2. The highest BCUT2D eigenvalue weighted by atomic mass is 32.1. The molecule has 2 saturated carbocycles. The van der Waals surface area contributed by atoms with Gasteiger partial charge in [0.25, 0.3) is 0 Å². The molecule has 2 aliphatic rings. The second-order valence-corrected chi connectivity index (χ2v) is 5.76. The van der Waals surface area contributed by atoms with E-state index in [1.165, 1.54) is 51.4 Å². The molecule has 0 aromatic carbocycles. The van der Waals surface area contributed by atoms with Crippen LogP contribution in [0.25, 0.3) is 0 Å². The molecule has 86 valence electrons. The minimum absolute atomic E-state index is 0.290. The Kier molecular flexibility index (Phi) is 3.49. The number of nitrogens with one attached hydrogen (secondary N) is 2. The first-order valence-corrected chi connectivity index (χ1v) is 6.67. The molecule has 0 unspecified atom stereocenters. The Hall–Kier alpha value is -0.310. The molecule has 3 heteroatoms. The van der Waals surface area contributed by atoms with Gasteiger partial charge in [-0.1, -0.05) is 19.3 Å². The van der Waals surface area contributed by atoms with E-state index in [4.69, 9.17) is 12.2 Å². The van der Waals surface area contributed by atoms with Crippen LogP contribution in [0.1, 0.15) is 58.3 Å². The summed E-state index contributed by atoms with van der Waals surface area (Å²) in [5.41, 5.74) is 0.290. The van der Waals surface area contributed by atoms with Crippen LogP contribution in [0.4, 0.5) is 0 Å². The number of hydrogen-bond acceptors (Lipinski definition) is 1. The summed E-state index contributed by atoms with van der Waals surface area (Å²) >= 11 is 5.36. The third-order valence-electron chi connectivity index (χ3n) is 3.81. The molecule has 0 aromatic heterocycles. The van der Waals surface area contributed by atoms with Crippen molar-refractivity contribution < 1.29 is 0 Å². The van der Waals surface area contributed by atoms with Gasteiger partial charge in [0.1, 0.15) is 0 Å². The van der Waals surface area contributed by atoms with Gasteiger partial charge in [-0.05, 0) is 51.2 Å². The lowest BCUT2D eigenvalue weighted by atomic mass is 9.79. The van der Waals surface area contributed by atoms with Crippen molar-refractivity contribution in [3.63, 3.8) is 0 Å². The Morgan fingerprint density at radius 3 is 2.33 bits per heavy atom. The maximum absolute atomic E-state index is 5.36. The Balaban J connectivity index is 1.71. The average Bonchev–Trinajstić information content (AvgIpc) is 2.16. The van der Waals surface area contributed by atoms with Gasteiger partial charge in [0, 0.05) is 11.6 Å². The standard InChI is InChI=1S/C12H22N2S/c1-12(8-5-9-12)14-11(15)13-10-6-3-2-4-7-10/h10H,2-9H2,1H3,(H2,13,14,15). The lowest BCUT2D eigenvalue weighted by molar-refractivity contribution is 0.241. The van der Waals surface area contributed by atoms with Crippen molar-refractivity contribution in [3.8, 4) is 0 Å². The predicted molar refractivity (Wildman–Crippen MR) is 68.0 cm³/mol. The van der Waals surface area contributed by atoms with Crippen LogP contribution in [0.5, 0.6) is 0 Å². The largest absolute Gasteiger partial charge is 0.360 e. The van der Waals surface area contributed by atoms with Crippen LogP contribution < -0.4 is 10.6 Å². The summed E-state index contributed by atoms with van der Waals surface area (Å²) in [6.45, 7) is 2.27. The van der Waals surface area contributed by atoms with Crippen molar-refractivity contribution in [1.82, 2.24) is 10.6 Å².